The third-order valence-corrected chi connectivity index (χ3v) is 6.12. The van der Waals surface area contributed by atoms with Gasteiger partial charge in [-0.1, -0.05) is 24.3 Å². The fourth-order valence-corrected chi connectivity index (χ4v) is 3.78. The minimum atomic E-state index is -0.344. The van der Waals surface area contributed by atoms with Gasteiger partial charge in [0.15, 0.2) is 5.82 Å². The van der Waals surface area contributed by atoms with Crippen molar-refractivity contribution >= 4 is 23.6 Å². The number of carbonyl (C=O) groups is 4. The Hall–Kier alpha value is -4.18. The van der Waals surface area contributed by atoms with Gasteiger partial charge < -0.3 is 29.6 Å². The molecule has 15 heteroatoms. The van der Waals surface area contributed by atoms with Gasteiger partial charge in [-0.25, -0.2) is 0 Å². The molecule has 0 saturated heterocycles. The van der Waals surface area contributed by atoms with Gasteiger partial charge >= 0.3 is 0 Å². The SMILES string of the molecule is Cc1nnc(-c2ccc(CNC(=O)CCOCCOCCOCCOCCNC(=O)CCCN3C(=O)C=CC3=O)cc2)nn1. The number of nitrogens with one attached hydrogen (secondary N) is 2. The first kappa shape index (κ1) is 34.3. The second-order valence-electron chi connectivity index (χ2n) is 9.56. The predicted molar refractivity (Wildman–Crippen MR) is 156 cm³/mol. The lowest BCUT2D eigenvalue weighted by Crippen LogP contribution is -2.32. The fourth-order valence-electron chi connectivity index (χ4n) is 3.78. The Bertz CT molecular complexity index is 1210. The number of imide groups is 1. The van der Waals surface area contributed by atoms with Gasteiger partial charge in [0.25, 0.3) is 11.8 Å². The van der Waals surface area contributed by atoms with Gasteiger partial charge in [-0.2, -0.15) is 0 Å². The molecular weight excluding hydrogens is 574 g/mol. The minimum Gasteiger partial charge on any atom is -0.379 e. The van der Waals surface area contributed by atoms with Crippen molar-refractivity contribution in [1.82, 2.24) is 35.9 Å². The van der Waals surface area contributed by atoms with E-state index in [4.69, 9.17) is 18.9 Å². The average molecular weight is 614 g/mol. The number of rotatable bonds is 22. The summed E-state index contributed by atoms with van der Waals surface area (Å²) in [5.41, 5.74) is 1.74. The van der Waals surface area contributed by atoms with Crippen LogP contribution in [-0.4, -0.2) is 115 Å². The first-order valence-electron chi connectivity index (χ1n) is 14.4. The lowest BCUT2D eigenvalue weighted by atomic mass is 10.1. The molecule has 238 valence electrons. The maximum atomic E-state index is 12.1. The zero-order chi connectivity index (χ0) is 31.4. The number of amides is 4. The van der Waals surface area contributed by atoms with Crippen molar-refractivity contribution < 1.29 is 38.1 Å². The number of hydrogen-bond acceptors (Lipinski definition) is 12. The summed E-state index contributed by atoms with van der Waals surface area (Å²) in [6, 6.07) is 7.50. The molecule has 0 aliphatic carbocycles. The highest BCUT2D eigenvalue weighted by molar-refractivity contribution is 6.12. The smallest absolute Gasteiger partial charge is 0.253 e. The third kappa shape index (κ3) is 13.4. The Balaban J connectivity index is 1.05. The van der Waals surface area contributed by atoms with Crippen LogP contribution in [0.25, 0.3) is 11.4 Å². The summed E-state index contributed by atoms with van der Waals surface area (Å²) in [6.45, 7) is 5.73. The third-order valence-electron chi connectivity index (χ3n) is 6.12. The van der Waals surface area contributed by atoms with E-state index in [-0.39, 0.29) is 43.0 Å². The standard InChI is InChI=1S/C29H39N7O8/c1-22-32-34-29(35-33-22)24-6-4-23(5-7-24)21-31-26(38)10-13-41-15-17-43-19-20-44-18-16-42-14-11-30-25(37)3-2-12-36-27(39)8-9-28(36)40/h4-9H,2-3,10-21H2,1H3,(H,30,37)(H,31,38). The van der Waals surface area contributed by atoms with Crippen LogP contribution in [-0.2, 0) is 44.7 Å². The minimum absolute atomic E-state index is 0.105. The number of benzene rings is 1. The summed E-state index contributed by atoms with van der Waals surface area (Å²) in [4.78, 5) is 47.9. The molecule has 0 unspecified atom stereocenters. The quantitative estimate of drug-likeness (QED) is 0.135. The fraction of sp³-hybridized carbons (Fsp3) is 0.517. The largest absolute Gasteiger partial charge is 0.379 e. The van der Waals surface area contributed by atoms with Crippen LogP contribution in [0.5, 0.6) is 0 Å². The number of hydrogen-bond donors (Lipinski definition) is 2. The van der Waals surface area contributed by atoms with Gasteiger partial charge in [-0.15, -0.1) is 20.4 Å². The van der Waals surface area contributed by atoms with Crippen LogP contribution in [0.4, 0.5) is 0 Å². The van der Waals surface area contributed by atoms with Crippen LogP contribution in [0.3, 0.4) is 0 Å². The maximum Gasteiger partial charge on any atom is 0.253 e. The van der Waals surface area contributed by atoms with Gasteiger partial charge in [-0.3, -0.25) is 24.1 Å². The highest BCUT2D eigenvalue weighted by Crippen LogP contribution is 2.14. The van der Waals surface area contributed by atoms with Crippen molar-refractivity contribution in [1.29, 1.82) is 0 Å². The highest BCUT2D eigenvalue weighted by Gasteiger charge is 2.22. The van der Waals surface area contributed by atoms with Gasteiger partial charge in [0, 0.05) is 50.2 Å². The summed E-state index contributed by atoms with van der Waals surface area (Å²) in [5.74, 6) is 0.00194. The van der Waals surface area contributed by atoms with E-state index in [0.717, 1.165) is 16.0 Å². The average Bonchev–Trinajstić information content (AvgIpc) is 3.35. The summed E-state index contributed by atoms with van der Waals surface area (Å²) >= 11 is 0. The summed E-state index contributed by atoms with van der Waals surface area (Å²) < 4.78 is 21.7. The van der Waals surface area contributed by atoms with Gasteiger partial charge in [0.05, 0.1) is 52.9 Å². The molecule has 2 N–H and O–H groups in total. The Morgan fingerprint density at radius 1 is 0.705 bits per heavy atom. The van der Waals surface area contributed by atoms with E-state index in [1.165, 1.54) is 12.2 Å². The number of ether oxygens (including phenoxy) is 4. The molecule has 0 saturated carbocycles. The maximum absolute atomic E-state index is 12.1. The Labute approximate surface area is 255 Å². The van der Waals surface area contributed by atoms with Crippen LogP contribution in [0.15, 0.2) is 36.4 Å². The van der Waals surface area contributed by atoms with E-state index in [0.29, 0.717) is 84.0 Å². The van der Waals surface area contributed by atoms with Crippen molar-refractivity contribution in [2.45, 2.75) is 32.7 Å². The van der Waals surface area contributed by atoms with Crippen molar-refractivity contribution in [3.63, 3.8) is 0 Å². The van der Waals surface area contributed by atoms with Crippen molar-refractivity contribution in [2.75, 3.05) is 65.9 Å². The molecule has 15 nitrogen and oxygen atoms in total. The van der Waals surface area contributed by atoms with Gasteiger partial charge in [-0.05, 0) is 18.9 Å². The van der Waals surface area contributed by atoms with Crippen LogP contribution in [0.1, 0.15) is 30.7 Å². The normalized spacial score (nSPS) is 12.6. The molecule has 0 radical (unpaired) electrons. The topological polar surface area (TPSA) is 184 Å². The van der Waals surface area contributed by atoms with Gasteiger partial charge in [0.1, 0.15) is 0 Å². The first-order chi connectivity index (χ1) is 21.4. The lowest BCUT2D eigenvalue weighted by Gasteiger charge is -2.13. The van der Waals surface area contributed by atoms with Crippen LogP contribution in [0, 0.1) is 6.92 Å². The summed E-state index contributed by atoms with van der Waals surface area (Å²) in [6.07, 6.45) is 3.33. The molecule has 0 spiro atoms. The monoisotopic (exact) mass is 613 g/mol. The van der Waals surface area contributed by atoms with Crippen LogP contribution in [0.2, 0.25) is 0 Å². The molecule has 0 atom stereocenters. The van der Waals surface area contributed by atoms with Crippen molar-refractivity contribution in [2.24, 2.45) is 0 Å². The predicted octanol–water partition coefficient (Wildman–Crippen LogP) is 0.136. The molecule has 1 aliphatic rings. The summed E-state index contributed by atoms with van der Waals surface area (Å²) in [7, 11) is 0. The lowest BCUT2D eigenvalue weighted by molar-refractivity contribution is -0.137. The van der Waals surface area contributed by atoms with E-state index >= 15 is 0 Å². The van der Waals surface area contributed by atoms with Crippen molar-refractivity contribution in [3.05, 3.63) is 47.8 Å². The van der Waals surface area contributed by atoms with Crippen LogP contribution < -0.4 is 10.6 Å². The van der Waals surface area contributed by atoms with Gasteiger partial charge in [0.2, 0.25) is 17.6 Å². The Morgan fingerprint density at radius 3 is 1.86 bits per heavy atom. The van der Waals surface area contributed by atoms with E-state index in [1.807, 2.05) is 24.3 Å². The number of nitrogens with zero attached hydrogens (tertiary/aromatic N) is 5. The number of aromatic nitrogens is 4. The Morgan fingerprint density at radius 2 is 1.25 bits per heavy atom. The zero-order valence-electron chi connectivity index (χ0n) is 24.9. The second kappa shape index (κ2) is 19.9. The molecular formula is C29H39N7O8. The molecule has 4 amide bonds. The van der Waals surface area contributed by atoms with Crippen LogP contribution >= 0.6 is 0 Å². The number of aryl methyl sites for hydroxylation is 1. The van der Waals surface area contributed by atoms with E-state index < -0.39 is 0 Å². The molecule has 0 fully saturated rings. The molecule has 1 aliphatic heterocycles. The summed E-state index contributed by atoms with van der Waals surface area (Å²) in [5, 5.41) is 21.4. The molecule has 1 aromatic carbocycles. The number of carbonyl (C=O) groups excluding carboxylic acids is 4. The van der Waals surface area contributed by atoms with E-state index in [1.54, 1.807) is 6.92 Å². The molecule has 3 rings (SSSR count). The molecule has 0 bridgehead atoms. The molecule has 2 aromatic rings. The first-order valence-corrected chi connectivity index (χ1v) is 14.4. The van der Waals surface area contributed by atoms with E-state index in [2.05, 4.69) is 31.0 Å². The van der Waals surface area contributed by atoms with E-state index in [9.17, 15) is 19.2 Å². The zero-order valence-corrected chi connectivity index (χ0v) is 24.9. The molecule has 44 heavy (non-hydrogen) atoms. The second-order valence-corrected chi connectivity index (χ2v) is 9.56. The Kier molecular flexibility index (Phi) is 15.5. The van der Waals surface area contributed by atoms with Crippen molar-refractivity contribution in [3.8, 4) is 11.4 Å². The molecule has 1 aromatic heterocycles. The highest BCUT2D eigenvalue weighted by atomic mass is 16.6. The molecule has 2 heterocycles.